The van der Waals surface area contributed by atoms with Crippen LogP contribution in [0.15, 0.2) is 18.2 Å². The van der Waals surface area contributed by atoms with E-state index in [0.717, 1.165) is 39.3 Å². The largest absolute Gasteiger partial charge is 0.377 e. The SMILES string of the molecule is CC(C)c1ccc2c(c1)CCCN2CCOCC1CCCO1. The summed E-state index contributed by atoms with van der Waals surface area (Å²) in [6.45, 7) is 9.13. The Morgan fingerprint density at radius 2 is 2.23 bits per heavy atom. The van der Waals surface area contributed by atoms with E-state index in [1.54, 1.807) is 0 Å². The Balaban J connectivity index is 1.52. The van der Waals surface area contributed by atoms with E-state index in [-0.39, 0.29) is 0 Å². The van der Waals surface area contributed by atoms with Crippen molar-refractivity contribution in [2.24, 2.45) is 0 Å². The first-order chi connectivity index (χ1) is 10.7. The van der Waals surface area contributed by atoms with Crippen molar-refractivity contribution in [1.82, 2.24) is 0 Å². The molecule has 22 heavy (non-hydrogen) atoms. The molecular formula is C19H29NO2. The molecule has 0 aliphatic carbocycles. The molecule has 0 spiro atoms. The van der Waals surface area contributed by atoms with Crippen LogP contribution in [-0.2, 0) is 15.9 Å². The molecule has 2 heterocycles. The Morgan fingerprint density at radius 1 is 1.32 bits per heavy atom. The highest BCUT2D eigenvalue weighted by Gasteiger charge is 2.18. The van der Waals surface area contributed by atoms with Crippen LogP contribution < -0.4 is 4.90 Å². The normalized spacial score (nSPS) is 21.4. The van der Waals surface area contributed by atoms with Gasteiger partial charge in [0, 0.05) is 25.4 Å². The Bertz CT molecular complexity index is 480. The van der Waals surface area contributed by atoms with Gasteiger partial charge in [-0.15, -0.1) is 0 Å². The summed E-state index contributed by atoms with van der Waals surface area (Å²) in [5, 5.41) is 0. The highest BCUT2D eigenvalue weighted by molar-refractivity contribution is 5.57. The van der Waals surface area contributed by atoms with Crippen molar-refractivity contribution in [3.05, 3.63) is 29.3 Å². The first-order valence-electron chi connectivity index (χ1n) is 8.81. The van der Waals surface area contributed by atoms with Crippen molar-refractivity contribution in [1.29, 1.82) is 0 Å². The van der Waals surface area contributed by atoms with Gasteiger partial charge >= 0.3 is 0 Å². The molecule has 3 rings (SSSR count). The minimum atomic E-state index is 0.335. The number of hydrogen-bond acceptors (Lipinski definition) is 3. The Morgan fingerprint density at radius 3 is 3.00 bits per heavy atom. The van der Waals surface area contributed by atoms with Gasteiger partial charge in [-0.3, -0.25) is 0 Å². The number of anilines is 1. The molecule has 1 fully saturated rings. The van der Waals surface area contributed by atoms with Crippen LogP contribution in [0, 0.1) is 0 Å². The van der Waals surface area contributed by atoms with E-state index in [0.29, 0.717) is 12.0 Å². The van der Waals surface area contributed by atoms with E-state index < -0.39 is 0 Å². The first kappa shape index (κ1) is 15.8. The van der Waals surface area contributed by atoms with Crippen molar-refractivity contribution in [2.75, 3.05) is 37.8 Å². The van der Waals surface area contributed by atoms with E-state index in [9.17, 15) is 0 Å². The fraction of sp³-hybridized carbons (Fsp3) is 0.684. The number of rotatable bonds is 6. The smallest absolute Gasteiger partial charge is 0.0809 e. The minimum Gasteiger partial charge on any atom is -0.377 e. The number of aryl methyl sites for hydroxylation is 1. The maximum absolute atomic E-state index is 5.83. The molecule has 2 aliphatic heterocycles. The zero-order chi connectivity index (χ0) is 15.4. The molecule has 0 radical (unpaired) electrons. The fourth-order valence-corrected chi connectivity index (χ4v) is 3.45. The van der Waals surface area contributed by atoms with Crippen molar-refractivity contribution in [2.45, 2.75) is 51.6 Å². The van der Waals surface area contributed by atoms with Gasteiger partial charge in [-0.25, -0.2) is 0 Å². The third kappa shape index (κ3) is 3.82. The maximum atomic E-state index is 5.83. The lowest BCUT2D eigenvalue weighted by Gasteiger charge is -2.32. The lowest BCUT2D eigenvalue weighted by molar-refractivity contribution is 0.0195. The molecule has 1 saturated heterocycles. The third-order valence-electron chi connectivity index (χ3n) is 4.82. The summed E-state index contributed by atoms with van der Waals surface area (Å²) in [6, 6.07) is 7.00. The molecular weight excluding hydrogens is 274 g/mol. The quantitative estimate of drug-likeness (QED) is 0.747. The van der Waals surface area contributed by atoms with Gasteiger partial charge in [0.25, 0.3) is 0 Å². The molecule has 0 saturated carbocycles. The molecule has 1 unspecified atom stereocenters. The van der Waals surface area contributed by atoms with Gasteiger partial charge in [-0.05, 0) is 48.8 Å². The van der Waals surface area contributed by atoms with E-state index in [4.69, 9.17) is 9.47 Å². The van der Waals surface area contributed by atoms with Gasteiger partial charge in [-0.2, -0.15) is 0 Å². The molecule has 1 aromatic rings. The average molecular weight is 303 g/mol. The van der Waals surface area contributed by atoms with Gasteiger partial charge < -0.3 is 14.4 Å². The molecule has 0 aromatic heterocycles. The highest BCUT2D eigenvalue weighted by atomic mass is 16.5. The fourth-order valence-electron chi connectivity index (χ4n) is 3.45. The summed E-state index contributed by atoms with van der Waals surface area (Å²) in [6.07, 6.45) is 5.14. The number of nitrogens with zero attached hydrogens (tertiary/aromatic N) is 1. The Labute approximate surface area is 134 Å². The molecule has 2 aliphatic rings. The van der Waals surface area contributed by atoms with Crippen molar-refractivity contribution < 1.29 is 9.47 Å². The standard InChI is InChI=1S/C19H29NO2/c1-15(2)16-7-8-19-17(13-16)5-3-9-20(19)10-12-21-14-18-6-4-11-22-18/h7-8,13,15,18H,3-6,9-12,14H2,1-2H3. The van der Waals surface area contributed by atoms with E-state index in [2.05, 4.69) is 36.9 Å². The zero-order valence-electron chi connectivity index (χ0n) is 14.0. The average Bonchev–Trinajstić information content (AvgIpc) is 3.04. The molecule has 1 atom stereocenters. The highest BCUT2D eigenvalue weighted by Crippen LogP contribution is 2.30. The van der Waals surface area contributed by atoms with Gasteiger partial charge in [0.2, 0.25) is 0 Å². The molecule has 0 N–H and O–H groups in total. The number of ether oxygens (including phenoxy) is 2. The van der Waals surface area contributed by atoms with Crippen molar-refractivity contribution in [3.63, 3.8) is 0 Å². The predicted molar refractivity (Wildman–Crippen MR) is 90.9 cm³/mol. The summed E-state index contributed by atoms with van der Waals surface area (Å²) in [5.74, 6) is 0.607. The molecule has 3 heteroatoms. The summed E-state index contributed by atoms with van der Waals surface area (Å²) in [4.78, 5) is 2.48. The monoisotopic (exact) mass is 303 g/mol. The molecule has 0 bridgehead atoms. The molecule has 122 valence electrons. The zero-order valence-corrected chi connectivity index (χ0v) is 14.0. The van der Waals surface area contributed by atoms with Crippen LogP contribution in [0.2, 0.25) is 0 Å². The second kappa shape index (κ2) is 7.47. The Kier molecular flexibility index (Phi) is 5.37. The number of hydrogen-bond donors (Lipinski definition) is 0. The number of benzene rings is 1. The van der Waals surface area contributed by atoms with Crippen LogP contribution in [0.4, 0.5) is 5.69 Å². The van der Waals surface area contributed by atoms with Gasteiger partial charge in [0.15, 0.2) is 0 Å². The van der Waals surface area contributed by atoms with E-state index in [1.165, 1.54) is 36.1 Å². The molecule has 0 amide bonds. The van der Waals surface area contributed by atoms with E-state index in [1.807, 2.05) is 0 Å². The van der Waals surface area contributed by atoms with Crippen LogP contribution in [0.5, 0.6) is 0 Å². The molecule has 3 nitrogen and oxygen atoms in total. The summed E-state index contributed by atoms with van der Waals surface area (Å²) in [7, 11) is 0. The van der Waals surface area contributed by atoms with Crippen LogP contribution >= 0.6 is 0 Å². The van der Waals surface area contributed by atoms with Crippen molar-refractivity contribution >= 4 is 5.69 Å². The van der Waals surface area contributed by atoms with Crippen LogP contribution in [-0.4, -0.2) is 39.0 Å². The topological polar surface area (TPSA) is 21.7 Å². The summed E-state index contributed by atoms with van der Waals surface area (Å²) in [5.41, 5.74) is 4.38. The summed E-state index contributed by atoms with van der Waals surface area (Å²) < 4.78 is 11.4. The third-order valence-corrected chi connectivity index (χ3v) is 4.82. The van der Waals surface area contributed by atoms with E-state index >= 15 is 0 Å². The lowest BCUT2D eigenvalue weighted by atomic mass is 9.95. The van der Waals surface area contributed by atoms with Gasteiger partial charge in [0.1, 0.15) is 0 Å². The summed E-state index contributed by atoms with van der Waals surface area (Å²) >= 11 is 0. The van der Waals surface area contributed by atoms with Crippen molar-refractivity contribution in [3.8, 4) is 0 Å². The molecule has 1 aromatic carbocycles. The first-order valence-corrected chi connectivity index (χ1v) is 8.81. The Hall–Kier alpha value is -1.06. The second-order valence-electron chi connectivity index (χ2n) is 6.84. The second-order valence-corrected chi connectivity index (χ2v) is 6.84. The van der Waals surface area contributed by atoms with Crippen LogP contribution in [0.3, 0.4) is 0 Å². The van der Waals surface area contributed by atoms with Crippen LogP contribution in [0.1, 0.15) is 50.2 Å². The minimum absolute atomic E-state index is 0.335. The van der Waals surface area contributed by atoms with Gasteiger partial charge in [0.05, 0.1) is 19.3 Å². The number of fused-ring (bicyclic) bond motifs is 1. The lowest BCUT2D eigenvalue weighted by Crippen LogP contribution is -2.33. The van der Waals surface area contributed by atoms with Crippen LogP contribution in [0.25, 0.3) is 0 Å². The predicted octanol–water partition coefficient (Wildman–Crippen LogP) is 3.76. The maximum Gasteiger partial charge on any atom is 0.0809 e. The van der Waals surface area contributed by atoms with Gasteiger partial charge in [-0.1, -0.05) is 26.0 Å².